The Morgan fingerprint density at radius 3 is 2.73 bits per heavy atom. The van der Waals surface area contributed by atoms with Gasteiger partial charge in [-0.05, 0) is 64.1 Å². The number of nitrogens with zero attached hydrogens (tertiary/aromatic N) is 1. The lowest BCUT2D eigenvalue weighted by atomic mass is 10.1. The minimum atomic E-state index is 0.876. The fraction of sp³-hybridized carbons (Fsp3) is 1.00. The zero-order valence-electron chi connectivity index (χ0n) is 10.2. The fourth-order valence-electron chi connectivity index (χ4n) is 2.71. The summed E-state index contributed by atoms with van der Waals surface area (Å²) in [5.41, 5.74) is 0. The predicted octanol–water partition coefficient (Wildman–Crippen LogP) is 2.25. The summed E-state index contributed by atoms with van der Waals surface area (Å²) in [6.45, 7) is 7.49. The van der Waals surface area contributed by atoms with Gasteiger partial charge in [0, 0.05) is 12.6 Å². The van der Waals surface area contributed by atoms with Crippen LogP contribution in [0.5, 0.6) is 0 Å². The molecule has 2 fully saturated rings. The largest absolute Gasteiger partial charge is 0.317 e. The van der Waals surface area contributed by atoms with E-state index in [-0.39, 0.29) is 0 Å². The third-order valence-electron chi connectivity index (χ3n) is 3.76. The molecule has 2 rings (SSSR count). The summed E-state index contributed by atoms with van der Waals surface area (Å²) < 4.78 is 0. The molecule has 0 aromatic heterocycles. The van der Waals surface area contributed by atoms with E-state index < -0.39 is 0 Å². The van der Waals surface area contributed by atoms with Crippen molar-refractivity contribution in [2.75, 3.05) is 26.2 Å². The first-order valence-electron chi connectivity index (χ1n) is 6.85. The van der Waals surface area contributed by atoms with Crippen LogP contribution < -0.4 is 5.32 Å². The normalized spacial score (nSPS) is 28.0. The van der Waals surface area contributed by atoms with E-state index in [9.17, 15) is 0 Å². The van der Waals surface area contributed by atoms with Crippen molar-refractivity contribution in [3.63, 3.8) is 0 Å². The van der Waals surface area contributed by atoms with E-state index in [0.29, 0.717) is 0 Å². The molecule has 1 saturated heterocycles. The molecule has 0 radical (unpaired) electrons. The number of rotatable bonds is 5. The van der Waals surface area contributed by atoms with E-state index in [0.717, 1.165) is 12.0 Å². The second kappa shape index (κ2) is 5.86. The van der Waals surface area contributed by atoms with Crippen molar-refractivity contribution in [1.29, 1.82) is 0 Å². The highest BCUT2D eigenvalue weighted by molar-refractivity contribution is 4.82. The predicted molar refractivity (Wildman–Crippen MR) is 65.1 cm³/mol. The van der Waals surface area contributed by atoms with Crippen molar-refractivity contribution in [3.8, 4) is 0 Å². The van der Waals surface area contributed by atoms with Crippen LogP contribution in [0, 0.1) is 5.92 Å². The summed E-state index contributed by atoms with van der Waals surface area (Å²) in [5.74, 6) is 1.05. The summed E-state index contributed by atoms with van der Waals surface area (Å²) in [6.07, 6.45) is 8.45. The Morgan fingerprint density at radius 2 is 2.00 bits per heavy atom. The van der Waals surface area contributed by atoms with Crippen LogP contribution in [0.25, 0.3) is 0 Å². The molecule has 1 unspecified atom stereocenters. The lowest BCUT2D eigenvalue weighted by Crippen LogP contribution is -2.38. The Balaban J connectivity index is 1.82. The molecule has 1 saturated carbocycles. The second-order valence-corrected chi connectivity index (χ2v) is 5.27. The first-order valence-corrected chi connectivity index (χ1v) is 6.85. The molecule has 0 aromatic carbocycles. The van der Waals surface area contributed by atoms with Gasteiger partial charge in [0.25, 0.3) is 0 Å². The summed E-state index contributed by atoms with van der Waals surface area (Å²) in [6, 6.07) is 0.876. The highest BCUT2D eigenvalue weighted by Gasteiger charge is 2.27. The highest BCUT2D eigenvalue weighted by Crippen LogP contribution is 2.31. The van der Waals surface area contributed by atoms with Gasteiger partial charge in [-0.1, -0.05) is 6.92 Å². The number of hydrogen-bond donors (Lipinski definition) is 1. The molecule has 2 aliphatic rings. The van der Waals surface area contributed by atoms with Gasteiger partial charge in [-0.3, -0.25) is 0 Å². The van der Waals surface area contributed by atoms with Gasteiger partial charge in [-0.25, -0.2) is 0 Å². The first kappa shape index (κ1) is 11.4. The molecule has 1 atom stereocenters. The maximum absolute atomic E-state index is 3.52. The third kappa shape index (κ3) is 3.76. The van der Waals surface area contributed by atoms with Crippen LogP contribution in [-0.4, -0.2) is 37.1 Å². The zero-order valence-corrected chi connectivity index (χ0v) is 10.2. The van der Waals surface area contributed by atoms with Crippen molar-refractivity contribution >= 4 is 0 Å². The maximum Gasteiger partial charge on any atom is 0.0108 e. The molecule has 1 aliphatic carbocycles. The van der Waals surface area contributed by atoms with Crippen molar-refractivity contribution in [1.82, 2.24) is 10.2 Å². The molecular weight excluding hydrogens is 184 g/mol. The van der Waals surface area contributed by atoms with E-state index in [1.165, 1.54) is 64.7 Å². The summed E-state index contributed by atoms with van der Waals surface area (Å²) in [5, 5.41) is 3.52. The molecule has 0 spiro atoms. The van der Waals surface area contributed by atoms with Gasteiger partial charge in [-0.15, -0.1) is 0 Å². The fourth-order valence-corrected chi connectivity index (χ4v) is 2.71. The number of hydrogen-bond acceptors (Lipinski definition) is 2. The molecule has 0 bridgehead atoms. The van der Waals surface area contributed by atoms with E-state index >= 15 is 0 Å². The third-order valence-corrected chi connectivity index (χ3v) is 3.76. The molecule has 2 nitrogen and oxygen atoms in total. The summed E-state index contributed by atoms with van der Waals surface area (Å²) in [4.78, 5) is 2.78. The molecule has 1 aliphatic heterocycles. The van der Waals surface area contributed by atoms with Crippen LogP contribution in [-0.2, 0) is 0 Å². The first-order chi connectivity index (χ1) is 7.40. The minimum absolute atomic E-state index is 0.876. The van der Waals surface area contributed by atoms with E-state index in [1.807, 2.05) is 0 Å². The van der Waals surface area contributed by atoms with Crippen LogP contribution in [0.1, 0.15) is 45.4 Å². The molecule has 1 N–H and O–H groups in total. The monoisotopic (exact) mass is 210 g/mol. The summed E-state index contributed by atoms with van der Waals surface area (Å²) >= 11 is 0. The highest BCUT2D eigenvalue weighted by atomic mass is 15.2. The maximum atomic E-state index is 3.52. The van der Waals surface area contributed by atoms with Crippen molar-refractivity contribution in [2.45, 2.75) is 51.5 Å². The Kier molecular flexibility index (Phi) is 4.45. The van der Waals surface area contributed by atoms with Gasteiger partial charge in [0.15, 0.2) is 0 Å². The lowest BCUT2D eigenvalue weighted by molar-refractivity contribution is 0.174. The Morgan fingerprint density at radius 1 is 1.13 bits per heavy atom. The van der Waals surface area contributed by atoms with Gasteiger partial charge in [0.2, 0.25) is 0 Å². The smallest absolute Gasteiger partial charge is 0.0108 e. The van der Waals surface area contributed by atoms with Crippen molar-refractivity contribution in [3.05, 3.63) is 0 Å². The van der Waals surface area contributed by atoms with Gasteiger partial charge in [0.05, 0.1) is 0 Å². The molecule has 15 heavy (non-hydrogen) atoms. The molecule has 1 heterocycles. The Bertz CT molecular complexity index is 169. The summed E-state index contributed by atoms with van der Waals surface area (Å²) in [7, 11) is 0. The molecule has 0 aromatic rings. The van der Waals surface area contributed by atoms with E-state index in [2.05, 4.69) is 17.1 Å². The molecular formula is C13H26N2. The molecule has 88 valence electrons. The minimum Gasteiger partial charge on any atom is -0.317 e. The molecule has 0 amide bonds. The zero-order chi connectivity index (χ0) is 10.5. The van der Waals surface area contributed by atoms with Crippen LogP contribution in [0.15, 0.2) is 0 Å². The average Bonchev–Trinajstić information content (AvgIpc) is 3.03. The average molecular weight is 210 g/mol. The van der Waals surface area contributed by atoms with E-state index in [4.69, 9.17) is 0 Å². The van der Waals surface area contributed by atoms with Crippen molar-refractivity contribution < 1.29 is 0 Å². The van der Waals surface area contributed by atoms with Crippen molar-refractivity contribution in [2.24, 2.45) is 5.92 Å². The standard InChI is InChI=1S/C13H26N2/c1-2-10-15(11-12-5-6-12)13-4-3-8-14-9-7-13/h12-14H,2-11H2,1H3. The Hall–Kier alpha value is -0.0800. The second-order valence-electron chi connectivity index (χ2n) is 5.27. The van der Waals surface area contributed by atoms with Crippen LogP contribution >= 0.6 is 0 Å². The molecule has 2 heteroatoms. The van der Waals surface area contributed by atoms with Crippen LogP contribution in [0.2, 0.25) is 0 Å². The van der Waals surface area contributed by atoms with Crippen LogP contribution in [0.3, 0.4) is 0 Å². The van der Waals surface area contributed by atoms with E-state index in [1.54, 1.807) is 0 Å². The quantitative estimate of drug-likeness (QED) is 0.749. The lowest BCUT2D eigenvalue weighted by Gasteiger charge is -2.30. The topological polar surface area (TPSA) is 15.3 Å². The van der Waals surface area contributed by atoms with Gasteiger partial charge in [0.1, 0.15) is 0 Å². The van der Waals surface area contributed by atoms with Crippen LogP contribution in [0.4, 0.5) is 0 Å². The van der Waals surface area contributed by atoms with Gasteiger partial charge < -0.3 is 10.2 Å². The Labute approximate surface area is 94.4 Å². The van der Waals surface area contributed by atoms with Gasteiger partial charge in [-0.2, -0.15) is 0 Å². The number of nitrogens with one attached hydrogen (secondary N) is 1. The SMILES string of the molecule is CCCN(CC1CC1)C1CCCNCC1. The van der Waals surface area contributed by atoms with Gasteiger partial charge >= 0.3 is 0 Å².